The number of halogens is 2. The van der Waals surface area contributed by atoms with Crippen molar-refractivity contribution in [1.29, 1.82) is 0 Å². The quantitative estimate of drug-likeness (QED) is 0.355. The molecule has 0 amide bonds. The van der Waals surface area contributed by atoms with Gasteiger partial charge in [-0.2, -0.15) is 0 Å². The lowest BCUT2D eigenvalue weighted by Gasteiger charge is -2.01. The Bertz CT molecular complexity index is 451. The van der Waals surface area contributed by atoms with Crippen LogP contribution < -0.4 is 15.8 Å². The number of hydrazone groups is 1. The summed E-state index contributed by atoms with van der Waals surface area (Å²) in [4.78, 5) is 0. The largest absolute Gasteiger partial charge is 0.506 e. The Labute approximate surface area is 122 Å². The van der Waals surface area contributed by atoms with E-state index in [-0.39, 0.29) is 5.75 Å². The smallest absolute Gasteiger partial charge is 0.223 e. The van der Waals surface area contributed by atoms with Crippen LogP contribution in [0.15, 0.2) is 21.1 Å². The second kappa shape index (κ2) is 6.93. The van der Waals surface area contributed by atoms with Crippen LogP contribution in [-0.2, 0) is 0 Å². The van der Waals surface area contributed by atoms with E-state index in [2.05, 4.69) is 47.7 Å². The molecule has 0 heterocycles. The Balaban J connectivity index is 2.74. The second-order valence-corrected chi connectivity index (χ2v) is 5.28. The van der Waals surface area contributed by atoms with Crippen LogP contribution in [0.4, 0.5) is 0 Å². The highest BCUT2D eigenvalue weighted by Crippen LogP contribution is 2.30. The second-order valence-electron chi connectivity index (χ2n) is 3.10. The molecule has 4 nitrogen and oxygen atoms in total. The first kappa shape index (κ1) is 14.4. The molecule has 0 saturated heterocycles. The summed E-state index contributed by atoms with van der Waals surface area (Å²) in [6, 6.07) is 3.55. The van der Waals surface area contributed by atoms with E-state index in [1.807, 2.05) is 6.92 Å². The zero-order valence-corrected chi connectivity index (χ0v) is 13.0. The van der Waals surface area contributed by atoms with Crippen molar-refractivity contribution >= 4 is 55.4 Å². The van der Waals surface area contributed by atoms with Gasteiger partial charge in [0, 0.05) is 11.0 Å². The maximum atomic E-state index is 9.78. The van der Waals surface area contributed by atoms with E-state index in [9.17, 15) is 5.11 Å². The number of rotatable bonds is 3. The SMILES string of the molecule is CCNC(=S)N/[NH+]=C/c1cc(Br)cc(Br)c1O. The van der Waals surface area contributed by atoms with Gasteiger partial charge >= 0.3 is 0 Å². The highest BCUT2D eigenvalue weighted by atomic mass is 79.9. The van der Waals surface area contributed by atoms with Crippen LogP contribution >= 0.6 is 44.1 Å². The molecule has 7 heteroatoms. The molecule has 4 N–H and O–H groups in total. The topological polar surface area (TPSA) is 58.3 Å². The van der Waals surface area contributed by atoms with Crippen molar-refractivity contribution in [3.05, 3.63) is 26.6 Å². The summed E-state index contributed by atoms with van der Waals surface area (Å²) in [5, 5.41) is 16.0. The first-order valence-corrected chi connectivity index (χ1v) is 6.84. The molecular formula is C10H12Br2N3OS+. The molecule has 0 fully saturated rings. The maximum absolute atomic E-state index is 9.78. The molecule has 92 valence electrons. The molecule has 0 aliphatic carbocycles. The van der Waals surface area contributed by atoms with Crippen LogP contribution in [0, 0.1) is 0 Å². The van der Waals surface area contributed by atoms with E-state index < -0.39 is 0 Å². The summed E-state index contributed by atoms with van der Waals surface area (Å²) in [7, 11) is 0. The third-order valence-corrected chi connectivity index (χ3v) is 3.12. The molecule has 0 aromatic heterocycles. The van der Waals surface area contributed by atoms with Crippen LogP contribution in [-0.4, -0.2) is 23.0 Å². The summed E-state index contributed by atoms with van der Waals surface area (Å²) >= 11 is 11.6. The number of benzene rings is 1. The molecule has 17 heavy (non-hydrogen) atoms. The Morgan fingerprint density at radius 3 is 2.88 bits per heavy atom. The minimum absolute atomic E-state index is 0.164. The Morgan fingerprint density at radius 1 is 1.53 bits per heavy atom. The van der Waals surface area contributed by atoms with Gasteiger partial charge in [-0.05, 0) is 47.2 Å². The third kappa shape index (κ3) is 4.61. The minimum Gasteiger partial charge on any atom is -0.506 e. The number of thiocarbonyl (C=S) groups is 1. The standard InChI is InChI=1S/C10H11Br2N3OS/c1-2-13-10(17)15-14-5-6-3-7(11)4-8(12)9(6)16/h3-5,16H,2H2,1H3,(H2,13,15,17)/p+1/b14-5+. The van der Waals surface area contributed by atoms with Crippen LogP contribution in [0.1, 0.15) is 12.5 Å². The number of nitrogens with one attached hydrogen (secondary N) is 3. The summed E-state index contributed by atoms with van der Waals surface area (Å²) in [6.07, 6.45) is 1.62. The lowest BCUT2D eigenvalue weighted by molar-refractivity contribution is -0.500. The fraction of sp³-hybridized carbons (Fsp3) is 0.200. The van der Waals surface area contributed by atoms with E-state index in [1.165, 1.54) is 0 Å². The fourth-order valence-corrected chi connectivity index (χ4v) is 2.54. The van der Waals surface area contributed by atoms with Crippen LogP contribution in [0.25, 0.3) is 0 Å². The summed E-state index contributed by atoms with van der Waals surface area (Å²) in [5.74, 6) is 0.164. The molecule has 0 radical (unpaired) electrons. The van der Waals surface area contributed by atoms with Crippen LogP contribution in [0.2, 0.25) is 0 Å². The van der Waals surface area contributed by atoms with Gasteiger partial charge in [-0.1, -0.05) is 15.9 Å². The average Bonchev–Trinajstić information content (AvgIpc) is 2.25. The molecule has 0 aliphatic heterocycles. The molecule has 0 bridgehead atoms. The lowest BCUT2D eigenvalue weighted by Crippen LogP contribution is -2.82. The summed E-state index contributed by atoms with van der Waals surface area (Å²) in [6.45, 7) is 2.70. The number of hydrogen-bond donors (Lipinski definition) is 4. The number of hydrazine groups is 1. The van der Waals surface area contributed by atoms with Gasteiger partial charge in [-0.15, -0.1) is 10.5 Å². The number of aromatic hydroxyl groups is 1. The van der Waals surface area contributed by atoms with E-state index in [0.717, 1.165) is 11.0 Å². The van der Waals surface area contributed by atoms with Gasteiger partial charge in [-0.25, -0.2) is 0 Å². The van der Waals surface area contributed by atoms with Crippen molar-refractivity contribution < 1.29 is 10.2 Å². The highest BCUT2D eigenvalue weighted by Gasteiger charge is 2.07. The van der Waals surface area contributed by atoms with E-state index in [4.69, 9.17) is 12.2 Å². The molecule has 0 saturated carbocycles. The number of hydrogen-bond acceptors (Lipinski definition) is 2. The first-order valence-electron chi connectivity index (χ1n) is 4.85. The van der Waals surface area contributed by atoms with Gasteiger partial charge in [0.1, 0.15) is 5.75 Å². The normalized spacial score (nSPS) is 10.5. The van der Waals surface area contributed by atoms with Crippen molar-refractivity contribution in [3.8, 4) is 5.75 Å². The Hall–Kier alpha value is -0.660. The van der Waals surface area contributed by atoms with E-state index in [1.54, 1.807) is 18.3 Å². The predicted molar refractivity (Wildman–Crippen MR) is 79.0 cm³/mol. The average molecular weight is 382 g/mol. The predicted octanol–water partition coefficient (Wildman–Crippen LogP) is 0.816. The highest BCUT2D eigenvalue weighted by molar-refractivity contribution is 9.11. The molecule has 0 atom stereocenters. The minimum atomic E-state index is 0.164. The third-order valence-electron chi connectivity index (χ3n) is 1.81. The van der Waals surface area contributed by atoms with Gasteiger partial charge < -0.3 is 10.4 Å². The van der Waals surface area contributed by atoms with Crippen LogP contribution in [0.5, 0.6) is 5.75 Å². The van der Waals surface area contributed by atoms with Gasteiger partial charge in [0.15, 0.2) is 0 Å². The van der Waals surface area contributed by atoms with Crippen molar-refractivity contribution in [1.82, 2.24) is 10.7 Å². The molecule has 0 aliphatic rings. The molecule has 1 aromatic rings. The molecule has 0 unspecified atom stereocenters. The van der Waals surface area contributed by atoms with E-state index >= 15 is 0 Å². The number of phenolic OH excluding ortho intramolecular Hbond substituents is 1. The van der Waals surface area contributed by atoms with Crippen molar-refractivity contribution in [2.45, 2.75) is 6.92 Å². The van der Waals surface area contributed by atoms with Crippen molar-refractivity contribution in [2.24, 2.45) is 0 Å². The molecule has 1 rings (SSSR count). The Morgan fingerprint density at radius 2 is 2.24 bits per heavy atom. The molecule has 1 aromatic carbocycles. The molecule has 0 spiro atoms. The lowest BCUT2D eigenvalue weighted by atomic mass is 10.2. The van der Waals surface area contributed by atoms with Gasteiger partial charge in [0.05, 0.1) is 10.0 Å². The fourth-order valence-electron chi connectivity index (χ4n) is 1.08. The maximum Gasteiger partial charge on any atom is 0.223 e. The zero-order chi connectivity index (χ0) is 12.8. The van der Waals surface area contributed by atoms with Crippen molar-refractivity contribution in [3.63, 3.8) is 0 Å². The molecular weight excluding hydrogens is 370 g/mol. The Kier molecular flexibility index (Phi) is 5.87. The number of phenols is 1. The first-order chi connectivity index (χ1) is 8.04. The summed E-state index contributed by atoms with van der Waals surface area (Å²) in [5.41, 5.74) is 3.41. The van der Waals surface area contributed by atoms with Gasteiger partial charge in [0.25, 0.3) is 0 Å². The summed E-state index contributed by atoms with van der Waals surface area (Å²) < 4.78 is 1.48. The van der Waals surface area contributed by atoms with Crippen LogP contribution in [0.3, 0.4) is 0 Å². The van der Waals surface area contributed by atoms with Gasteiger partial charge in [-0.3, -0.25) is 0 Å². The van der Waals surface area contributed by atoms with Gasteiger partial charge in [0.2, 0.25) is 11.3 Å². The zero-order valence-electron chi connectivity index (χ0n) is 9.05. The monoisotopic (exact) mass is 380 g/mol. The van der Waals surface area contributed by atoms with Crippen molar-refractivity contribution in [2.75, 3.05) is 6.54 Å². The van der Waals surface area contributed by atoms with E-state index in [0.29, 0.717) is 15.1 Å².